The third-order valence-corrected chi connectivity index (χ3v) is 3.63. The summed E-state index contributed by atoms with van der Waals surface area (Å²) in [7, 11) is 0. The lowest BCUT2D eigenvalue weighted by Crippen LogP contribution is -2.41. The Bertz CT molecular complexity index is 513. The predicted molar refractivity (Wildman–Crippen MR) is 80.1 cm³/mol. The van der Waals surface area contributed by atoms with E-state index in [-0.39, 0.29) is 24.1 Å². The molecule has 0 fully saturated rings. The maximum Gasteiger partial charge on any atom is 0.326 e. The van der Waals surface area contributed by atoms with Crippen molar-refractivity contribution in [1.82, 2.24) is 20.1 Å². The van der Waals surface area contributed by atoms with Gasteiger partial charge in [-0.25, -0.2) is 4.79 Å². The van der Waals surface area contributed by atoms with Crippen molar-refractivity contribution in [3.05, 3.63) is 18.5 Å². The van der Waals surface area contributed by atoms with E-state index in [9.17, 15) is 9.59 Å². The van der Waals surface area contributed by atoms with E-state index in [0.29, 0.717) is 5.16 Å². The van der Waals surface area contributed by atoms with Gasteiger partial charge in [-0.05, 0) is 27.2 Å². The summed E-state index contributed by atoms with van der Waals surface area (Å²) in [6.07, 6.45) is 5.34. The Morgan fingerprint density at radius 1 is 1.52 bits per heavy atom. The molecule has 0 spiro atoms. The van der Waals surface area contributed by atoms with Crippen LogP contribution in [0, 0.1) is 0 Å². The monoisotopic (exact) mass is 312 g/mol. The lowest BCUT2D eigenvalue weighted by molar-refractivity contribution is -0.141. The third-order valence-electron chi connectivity index (χ3n) is 2.67. The van der Waals surface area contributed by atoms with E-state index in [1.165, 1.54) is 11.8 Å². The number of carbonyl (C=O) groups is 2. The first kappa shape index (κ1) is 17.2. The predicted octanol–water partition coefficient (Wildman–Crippen LogP) is 1.49. The molecule has 1 rings (SSSR count). The number of aromatic nitrogens is 3. The molecule has 0 aliphatic carbocycles. The van der Waals surface area contributed by atoms with Crippen LogP contribution in [0.3, 0.4) is 0 Å². The molecule has 2 N–H and O–H groups in total. The minimum atomic E-state index is -1.04. The van der Waals surface area contributed by atoms with Gasteiger partial charge in [0, 0.05) is 6.04 Å². The van der Waals surface area contributed by atoms with Crippen LogP contribution >= 0.6 is 11.8 Å². The van der Waals surface area contributed by atoms with Crippen molar-refractivity contribution in [2.24, 2.45) is 0 Å². The maximum absolute atomic E-state index is 11.8. The molecule has 0 aliphatic rings. The largest absolute Gasteiger partial charge is 0.480 e. The van der Waals surface area contributed by atoms with Crippen LogP contribution in [0.1, 0.15) is 33.2 Å². The molecule has 0 aliphatic heterocycles. The summed E-state index contributed by atoms with van der Waals surface area (Å²) >= 11 is 1.23. The first-order valence-corrected chi connectivity index (χ1v) is 7.59. The van der Waals surface area contributed by atoms with Gasteiger partial charge in [0.2, 0.25) is 5.91 Å². The molecule has 0 radical (unpaired) electrons. The van der Waals surface area contributed by atoms with Gasteiger partial charge < -0.3 is 15.0 Å². The molecule has 0 saturated carbocycles. The highest BCUT2D eigenvalue weighted by Gasteiger charge is 2.19. The molecule has 1 amide bonds. The molecule has 116 valence electrons. The van der Waals surface area contributed by atoms with E-state index in [2.05, 4.69) is 15.5 Å². The first-order chi connectivity index (χ1) is 9.95. The van der Waals surface area contributed by atoms with Crippen LogP contribution in [0.25, 0.3) is 0 Å². The van der Waals surface area contributed by atoms with Gasteiger partial charge in [-0.3, -0.25) is 4.79 Å². The van der Waals surface area contributed by atoms with Crippen molar-refractivity contribution in [1.29, 1.82) is 0 Å². The molecule has 0 aromatic carbocycles. The Morgan fingerprint density at radius 3 is 2.81 bits per heavy atom. The van der Waals surface area contributed by atoms with Gasteiger partial charge in [-0.2, -0.15) is 0 Å². The number of hydrogen-bond acceptors (Lipinski definition) is 5. The molecule has 8 heteroatoms. The number of thioether (sulfide) groups is 1. The number of carboxylic acid groups (broad SMARTS) is 1. The number of amides is 1. The van der Waals surface area contributed by atoms with Gasteiger partial charge in [0.1, 0.15) is 12.4 Å². The molecule has 0 bridgehead atoms. The molecule has 1 unspecified atom stereocenters. The van der Waals surface area contributed by atoms with Crippen LogP contribution in [0.5, 0.6) is 0 Å². The maximum atomic E-state index is 11.8. The zero-order chi connectivity index (χ0) is 15.8. The Kier molecular flexibility index (Phi) is 6.93. The Labute approximate surface area is 127 Å². The fourth-order valence-electron chi connectivity index (χ4n) is 1.55. The zero-order valence-corrected chi connectivity index (χ0v) is 13.1. The molecule has 0 saturated heterocycles. The molecular formula is C13H20N4O3S. The SMILES string of the molecule is C/C=C/CC(NC(=O)CSc1nncn1C(C)C)C(=O)O. The fourth-order valence-corrected chi connectivity index (χ4v) is 2.40. The number of hydrogen-bond donors (Lipinski definition) is 2. The standard InChI is InChI=1S/C13H20N4O3S/c1-4-5-6-10(12(19)20)15-11(18)7-21-13-16-14-8-17(13)9(2)3/h4-5,8-10H,6-7H2,1-3H3,(H,15,18)(H,19,20)/b5-4+. The average Bonchev–Trinajstić information content (AvgIpc) is 2.89. The minimum absolute atomic E-state index is 0.102. The lowest BCUT2D eigenvalue weighted by Gasteiger charge is -2.13. The summed E-state index contributed by atoms with van der Waals surface area (Å²) in [5.74, 6) is -1.28. The Hall–Kier alpha value is -1.83. The van der Waals surface area contributed by atoms with Crippen LogP contribution in [0.4, 0.5) is 0 Å². The third kappa shape index (κ3) is 5.58. The Morgan fingerprint density at radius 2 is 2.24 bits per heavy atom. The lowest BCUT2D eigenvalue weighted by atomic mass is 10.2. The molecular weight excluding hydrogens is 292 g/mol. The van der Waals surface area contributed by atoms with E-state index in [4.69, 9.17) is 5.11 Å². The van der Waals surface area contributed by atoms with E-state index < -0.39 is 12.0 Å². The number of carbonyl (C=O) groups excluding carboxylic acids is 1. The number of carboxylic acids is 1. The topological polar surface area (TPSA) is 97.1 Å². The van der Waals surface area contributed by atoms with Crippen molar-refractivity contribution < 1.29 is 14.7 Å². The second-order valence-electron chi connectivity index (χ2n) is 4.67. The summed E-state index contributed by atoms with van der Waals surface area (Å²) in [5.41, 5.74) is 0. The zero-order valence-electron chi connectivity index (χ0n) is 12.3. The van der Waals surface area contributed by atoms with Gasteiger partial charge in [0.05, 0.1) is 5.75 Å². The van der Waals surface area contributed by atoms with Gasteiger partial charge in [0.25, 0.3) is 0 Å². The van der Waals surface area contributed by atoms with Gasteiger partial charge >= 0.3 is 5.97 Å². The van der Waals surface area contributed by atoms with Crippen LogP contribution in [-0.2, 0) is 9.59 Å². The van der Waals surface area contributed by atoms with Gasteiger partial charge in [0.15, 0.2) is 5.16 Å². The highest BCUT2D eigenvalue weighted by atomic mass is 32.2. The molecule has 1 aromatic heterocycles. The summed E-state index contributed by atoms with van der Waals surface area (Å²) < 4.78 is 1.85. The summed E-state index contributed by atoms with van der Waals surface area (Å²) in [5, 5.41) is 19.9. The van der Waals surface area contributed by atoms with Crippen molar-refractivity contribution in [2.75, 3.05) is 5.75 Å². The number of rotatable bonds is 8. The summed E-state index contributed by atoms with van der Waals surface area (Å²) in [6.45, 7) is 5.78. The van der Waals surface area contributed by atoms with Crippen molar-refractivity contribution in [3.8, 4) is 0 Å². The van der Waals surface area contributed by atoms with E-state index in [1.54, 1.807) is 25.4 Å². The number of nitrogens with one attached hydrogen (secondary N) is 1. The van der Waals surface area contributed by atoms with E-state index in [0.717, 1.165) is 0 Å². The highest BCUT2D eigenvalue weighted by Crippen LogP contribution is 2.18. The summed E-state index contributed by atoms with van der Waals surface area (Å²) in [4.78, 5) is 22.9. The number of aliphatic carboxylic acids is 1. The van der Waals surface area contributed by atoms with Gasteiger partial charge in [-0.15, -0.1) is 10.2 Å². The van der Waals surface area contributed by atoms with Crippen LogP contribution < -0.4 is 5.32 Å². The normalized spacial score (nSPS) is 12.8. The smallest absolute Gasteiger partial charge is 0.326 e. The second kappa shape index (κ2) is 8.46. The first-order valence-electron chi connectivity index (χ1n) is 6.61. The molecule has 7 nitrogen and oxygen atoms in total. The summed E-state index contributed by atoms with van der Waals surface area (Å²) in [6, 6.07) is -0.704. The molecule has 21 heavy (non-hydrogen) atoms. The minimum Gasteiger partial charge on any atom is -0.480 e. The number of nitrogens with zero attached hydrogens (tertiary/aromatic N) is 3. The average molecular weight is 312 g/mol. The van der Waals surface area contributed by atoms with Crippen molar-refractivity contribution in [2.45, 2.75) is 44.4 Å². The van der Waals surface area contributed by atoms with Crippen LogP contribution in [0.2, 0.25) is 0 Å². The quantitative estimate of drug-likeness (QED) is 0.557. The number of allylic oxidation sites excluding steroid dienone is 1. The molecule has 1 heterocycles. The second-order valence-corrected chi connectivity index (χ2v) is 5.61. The molecule has 1 atom stereocenters. The molecule has 1 aromatic rings. The van der Waals surface area contributed by atoms with Crippen molar-refractivity contribution in [3.63, 3.8) is 0 Å². The van der Waals surface area contributed by atoms with E-state index in [1.807, 2.05) is 18.4 Å². The van der Waals surface area contributed by atoms with Crippen LogP contribution in [0.15, 0.2) is 23.6 Å². The fraction of sp³-hybridized carbons (Fsp3) is 0.538. The van der Waals surface area contributed by atoms with Gasteiger partial charge in [-0.1, -0.05) is 23.9 Å². The van der Waals surface area contributed by atoms with Crippen molar-refractivity contribution >= 4 is 23.6 Å². The van der Waals surface area contributed by atoms with E-state index >= 15 is 0 Å². The highest BCUT2D eigenvalue weighted by molar-refractivity contribution is 7.99. The van der Waals surface area contributed by atoms with Crippen LogP contribution in [-0.4, -0.2) is 43.5 Å². The Balaban J connectivity index is 2.52.